The summed E-state index contributed by atoms with van der Waals surface area (Å²) in [5.41, 5.74) is -0.671. The molecule has 1 aliphatic rings. The molecule has 0 radical (unpaired) electrons. The standard InChI is InChI=1S/C13H17NO4/c1-14(11(15)10-5-8-18-9-10)13(12(16)17)6-3-2-4-7-13/h5,8-9H,2-4,6-7H2,1H3,(H,16,17). The van der Waals surface area contributed by atoms with E-state index in [0.29, 0.717) is 18.4 Å². The zero-order chi connectivity index (χ0) is 13.2. The molecule has 1 N–H and O–H groups in total. The summed E-state index contributed by atoms with van der Waals surface area (Å²) in [4.78, 5) is 25.2. The number of carboxylic acids is 1. The van der Waals surface area contributed by atoms with Crippen molar-refractivity contribution in [1.82, 2.24) is 4.90 Å². The number of hydrogen-bond donors (Lipinski definition) is 1. The number of amides is 1. The minimum absolute atomic E-state index is 0.298. The molecule has 2 rings (SSSR count). The molecule has 98 valence electrons. The summed E-state index contributed by atoms with van der Waals surface area (Å²) < 4.78 is 4.87. The number of carboxylic acid groups (broad SMARTS) is 1. The van der Waals surface area contributed by atoms with Gasteiger partial charge in [0, 0.05) is 7.05 Å². The highest BCUT2D eigenvalue weighted by atomic mass is 16.4. The quantitative estimate of drug-likeness (QED) is 0.893. The van der Waals surface area contributed by atoms with Crippen molar-refractivity contribution in [3.05, 3.63) is 24.2 Å². The van der Waals surface area contributed by atoms with E-state index in [0.717, 1.165) is 19.3 Å². The van der Waals surface area contributed by atoms with Gasteiger partial charge < -0.3 is 14.4 Å². The second-order valence-electron chi connectivity index (χ2n) is 4.77. The molecule has 5 heteroatoms. The van der Waals surface area contributed by atoms with Crippen molar-refractivity contribution in [1.29, 1.82) is 0 Å². The molecule has 1 amide bonds. The molecule has 0 bridgehead atoms. The molecule has 0 aromatic carbocycles. The van der Waals surface area contributed by atoms with Gasteiger partial charge in [-0.2, -0.15) is 0 Å². The van der Waals surface area contributed by atoms with E-state index in [1.165, 1.54) is 17.4 Å². The van der Waals surface area contributed by atoms with E-state index in [9.17, 15) is 14.7 Å². The third kappa shape index (κ3) is 2.00. The van der Waals surface area contributed by atoms with Crippen LogP contribution < -0.4 is 0 Å². The predicted octanol–water partition coefficient (Wildman–Crippen LogP) is 2.14. The lowest BCUT2D eigenvalue weighted by molar-refractivity contribution is -0.151. The Hall–Kier alpha value is -1.78. The van der Waals surface area contributed by atoms with Gasteiger partial charge in [0.2, 0.25) is 0 Å². The van der Waals surface area contributed by atoms with Gasteiger partial charge in [0.15, 0.2) is 0 Å². The van der Waals surface area contributed by atoms with Crippen molar-refractivity contribution in [2.75, 3.05) is 7.05 Å². The largest absolute Gasteiger partial charge is 0.479 e. The van der Waals surface area contributed by atoms with Gasteiger partial charge in [0.25, 0.3) is 5.91 Å². The lowest BCUT2D eigenvalue weighted by atomic mass is 9.80. The lowest BCUT2D eigenvalue weighted by Gasteiger charge is -2.40. The Morgan fingerprint density at radius 2 is 2.00 bits per heavy atom. The van der Waals surface area contributed by atoms with Crippen LogP contribution in [0, 0.1) is 0 Å². The predicted molar refractivity (Wildman–Crippen MR) is 64.3 cm³/mol. The minimum Gasteiger partial charge on any atom is -0.479 e. The van der Waals surface area contributed by atoms with Crippen molar-refractivity contribution in [2.45, 2.75) is 37.6 Å². The minimum atomic E-state index is -1.06. The molecule has 1 aliphatic carbocycles. The average Bonchev–Trinajstić information content (AvgIpc) is 2.91. The summed E-state index contributed by atoms with van der Waals surface area (Å²) in [5, 5.41) is 9.49. The number of carbonyl (C=O) groups is 2. The van der Waals surface area contributed by atoms with Crippen molar-refractivity contribution in [2.24, 2.45) is 0 Å². The summed E-state index contributed by atoms with van der Waals surface area (Å²) >= 11 is 0. The first kappa shape index (κ1) is 12.7. The lowest BCUT2D eigenvalue weighted by Crippen LogP contribution is -2.56. The van der Waals surface area contributed by atoms with Gasteiger partial charge in [-0.1, -0.05) is 19.3 Å². The van der Waals surface area contributed by atoms with Gasteiger partial charge in [-0.15, -0.1) is 0 Å². The molecule has 0 unspecified atom stereocenters. The van der Waals surface area contributed by atoms with Gasteiger partial charge in [0.05, 0.1) is 11.8 Å². The Morgan fingerprint density at radius 3 is 2.50 bits per heavy atom. The van der Waals surface area contributed by atoms with Crippen LogP contribution in [0.3, 0.4) is 0 Å². The maximum absolute atomic E-state index is 12.2. The SMILES string of the molecule is CN(C(=O)c1ccoc1)C1(C(=O)O)CCCCC1. The highest BCUT2D eigenvalue weighted by Crippen LogP contribution is 2.34. The van der Waals surface area contributed by atoms with Crippen LogP contribution in [-0.2, 0) is 4.79 Å². The van der Waals surface area contributed by atoms with E-state index in [2.05, 4.69) is 0 Å². The van der Waals surface area contributed by atoms with Gasteiger partial charge in [-0.3, -0.25) is 4.79 Å². The Morgan fingerprint density at radius 1 is 1.33 bits per heavy atom. The van der Waals surface area contributed by atoms with Crippen LogP contribution in [0.2, 0.25) is 0 Å². The highest BCUT2D eigenvalue weighted by molar-refractivity contribution is 5.97. The fourth-order valence-electron chi connectivity index (χ4n) is 2.60. The molecule has 1 heterocycles. The second kappa shape index (κ2) is 4.84. The average molecular weight is 251 g/mol. The molecule has 0 saturated heterocycles. The molecular weight excluding hydrogens is 234 g/mol. The van der Waals surface area contributed by atoms with E-state index in [-0.39, 0.29) is 5.91 Å². The number of furan rings is 1. The van der Waals surface area contributed by atoms with E-state index < -0.39 is 11.5 Å². The molecule has 0 spiro atoms. The zero-order valence-electron chi connectivity index (χ0n) is 10.4. The number of rotatable bonds is 3. The van der Waals surface area contributed by atoms with Gasteiger partial charge >= 0.3 is 5.97 Å². The third-order valence-electron chi connectivity index (χ3n) is 3.79. The molecule has 5 nitrogen and oxygen atoms in total. The van der Waals surface area contributed by atoms with Crippen molar-refractivity contribution in [3.8, 4) is 0 Å². The number of likely N-dealkylation sites (N-methyl/N-ethyl adjacent to an activating group) is 1. The first-order valence-electron chi connectivity index (χ1n) is 6.12. The van der Waals surface area contributed by atoms with Crippen molar-refractivity contribution in [3.63, 3.8) is 0 Å². The van der Waals surface area contributed by atoms with Gasteiger partial charge in [0.1, 0.15) is 11.8 Å². The van der Waals surface area contributed by atoms with Crippen molar-refractivity contribution >= 4 is 11.9 Å². The van der Waals surface area contributed by atoms with Crippen LogP contribution in [0.5, 0.6) is 0 Å². The molecule has 0 aliphatic heterocycles. The Balaban J connectivity index is 2.26. The monoisotopic (exact) mass is 251 g/mol. The molecule has 1 aromatic heterocycles. The maximum atomic E-state index is 12.2. The number of aliphatic carboxylic acids is 1. The van der Waals surface area contributed by atoms with E-state index in [1.54, 1.807) is 13.1 Å². The van der Waals surface area contributed by atoms with Crippen LogP contribution in [0.15, 0.2) is 23.0 Å². The molecule has 1 aromatic rings. The molecule has 1 saturated carbocycles. The fourth-order valence-corrected chi connectivity index (χ4v) is 2.60. The molecular formula is C13H17NO4. The number of hydrogen-bond acceptors (Lipinski definition) is 3. The molecule has 18 heavy (non-hydrogen) atoms. The normalized spacial score (nSPS) is 18.3. The Labute approximate surface area is 105 Å². The summed E-state index contributed by atoms with van der Waals surface area (Å²) in [6, 6.07) is 1.55. The number of nitrogens with zero attached hydrogens (tertiary/aromatic N) is 1. The first-order chi connectivity index (χ1) is 8.58. The van der Waals surface area contributed by atoms with Crippen molar-refractivity contribution < 1.29 is 19.1 Å². The topological polar surface area (TPSA) is 70.8 Å². The smallest absolute Gasteiger partial charge is 0.329 e. The summed E-state index contributed by atoms with van der Waals surface area (Å²) in [5.74, 6) is -1.21. The van der Waals surface area contributed by atoms with E-state index in [4.69, 9.17) is 4.42 Å². The van der Waals surface area contributed by atoms with E-state index >= 15 is 0 Å². The van der Waals surface area contributed by atoms with Crippen LogP contribution in [0.4, 0.5) is 0 Å². The summed E-state index contributed by atoms with van der Waals surface area (Å²) in [7, 11) is 1.56. The number of carbonyl (C=O) groups excluding carboxylic acids is 1. The van der Waals surface area contributed by atoms with E-state index in [1.807, 2.05) is 0 Å². The maximum Gasteiger partial charge on any atom is 0.329 e. The summed E-state index contributed by atoms with van der Waals surface area (Å²) in [6.07, 6.45) is 6.50. The molecule has 0 atom stereocenters. The fraction of sp³-hybridized carbons (Fsp3) is 0.538. The summed E-state index contributed by atoms with van der Waals surface area (Å²) in [6.45, 7) is 0. The first-order valence-corrected chi connectivity index (χ1v) is 6.12. The second-order valence-corrected chi connectivity index (χ2v) is 4.77. The zero-order valence-corrected chi connectivity index (χ0v) is 10.4. The van der Waals surface area contributed by atoms with Crippen LogP contribution in [0.25, 0.3) is 0 Å². The Kier molecular flexibility index (Phi) is 3.41. The molecule has 1 fully saturated rings. The van der Waals surface area contributed by atoms with Gasteiger partial charge in [-0.05, 0) is 18.9 Å². The van der Waals surface area contributed by atoms with Gasteiger partial charge in [-0.25, -0.2) is 4.79 Å². The van der Waals surface area contributed by atoms with Crippen LogP contribution in [0.1, 0.15) is 42.5 Å². The van der Waals surface area contributed by atoms with Crippen LogP contribution in [-0.4, -0.2) is 34.5 Å². The van der Waals surface area contributed by atoms with Crippen LogP contribution >= 0.6 is 0 Å². The third-order valence-corrected chi connectivity index (χ3v) is 3.79. The Bertz CT molecular complexity index is 432. The highest BCUT2D eigenvalue weighted by Gasteiger charge is 2.45.